The molecule has 0 spiro atoms. The van der Waals surface area contributed by atoms with E-state index in [1.807, 2.05) is 0 Å². The summed E-state index contributed by atoms with van der Waals surface area (Å²) in [6.45, 7) is -0.159. The largest absolute Gasteiger partial charge is 0.354 e. The summed E-state index contributed by atoms with van der Waals surface area (Å²) in [5.74, 6) is -1.45. The van der Waals surface area contributed by atoms with E-state index in [0.29, 0.717) is 5.69 Å². The van der Waals surface area contributed by atoms with Gasteiger partial charge in [-0.25, -0.2) is 17.1 Å². The molecule has 0 radical (unpaired) electrons. The van der Waals surface area contributed by atoms with E-state index in [0.717, 1.165) is 14.7 Å². The molecule has 29 heavy (non-hydrogen) atoms. The molecule has 2 aromatic rings. The Balaban J connectivity index is 1.58. The molecule has 1 amide bonds. The maximum Gasteiger partial charge on any atom is 0.326 e. The summed E-state index contributed by atoms with van der Waals surface area (Å²) in [6, 6.07) is 11.5. The van der Waals surface area contributed by atoms with E-state index in [-0.39, 0.29) is 35.8 Å². The summed E-state index contributed by atoms with van der Waals surface area (Å²) in [5, 5.41) is 2.51. The van der Waals surface area contributed by atoms with Crippen molar-refractivity contribution in [2.24, 2.45) is 0 Å². The van der Waals surface area contributed by atoms with Crippen LogP contribution in [0.3, 0.4) is 0 Å². The molecular weight excluding hydrogens is 421 g/mol. The zero-order valence-corrected chi connectivity index (χ0v) is 17.2. The van der Waals surface area contributed by atoms with Crippen molar-refractivity contribution in [3.8, 4) is 0 Å². The van der Waals surface area contributed by atoms with Crippen LogP contribution in [0.2, 0.25) is 0 Å². The number of nitrogens with zero attached hydrogens (tertiary/aromatic N) is 2. The molecule has 0 saturated carbocycles. The van der Waals surface area contributed by atoms with E-state index in [1.54, 1.807) is 18.2 Å². The van der Waals surface area contributed by atoms with Crippen LogP contribution in [0, 0.1) is 5.82 Å². The zero-order chi connectivity index (χ0) is 21.2. The summed E-state index contributed by atoms with van der Waals surface area (Å²) >= 11 is 0. The van der Waals surface area contributed by atoms with Gasteiger partial charge in [-0.3, -0.25) is 9.10 Å². The van der Waals surface area contributed by atoms with Gasteiger partial charge in [0.1, 0.15) is 5.82 Å². The number of nitrogens with one attached hydrogen (secondary N) is 1. The molecule has 3 rings (SSSR count). The Morgan fingerprint density at radius 1 is 1.10 bits per heavy atom. The van der Waals surface area contributed by atoms with Crippen molar-refractivity contribution < 1.29 is 26.0 Å². The van der Waals surface area contributed by atoms with Crippen LogP contribution in [0.25, 0.3) is 0 Å². The van der Waals surface area contributed by atoms with Gasteiger partial charge in [-0.1, -0.05) is 18.2 Å². The highest BCUT2D eigenvalue weighted by Crippen LogP contribution is 2.39. The average Bonchev–Trinajstić information content (AvgIpc) is 2.87. The van der Waals surface area contributed by atoms with Crippen molar-refractivity contribution >= 4 is 37.3 Å². The van der Waals surface area contributed by atoms with Crippen molar-refractivity contribution in [3.63, 3.8) is 0 Å². The van der Waals surface area contributed by atoms with Crippen LogP contribution in [0.1, 0.15) is 6.42 Å². The van der Waals surface area contributed by atoms with E-state index < -0.39 is 31.8 Å². The number of amides is 1. The number of sulfone groups is 1. The minimum Gasteiger partial charge on any atom is -0.354 e. The van der Waals surface area contributed by atoms with Gasteiger partial charge in [0.05, 0.1) is 28.6 Å². The first kappa shape index (κ1) is 21.1. The quantitative estimate of drug-likeness (QED) is 0.698. The molecule has 1 N–H and O–H groups in total. The fourth-order valence-electron chi connectivity index (χ4n) is 2.95. The number of anilines is 2. The molecule has 0 aromatic heterocycles. The normalized spacial score (nSPS) is 15.2. The SMILES string of the molecule is CN1c2ccc(F)cc2N(CCNC(=O)CCS(=O)(=O)c2ccccc2)S1(=O)=O. The van der Waals surface area contributed by atoms with Crippen molar-refractivity contribution in [3.05, 3.63) is 54.3 Å². The Hall–Kier alpha value is -2.66. The van der Waals surface area contributed by atoms with Gasteiger partial charge < -0.3 is 5.32 Å². The van der Waals surface area contributed by atoms with E-state index >= 15 is 0 Å². The lowest BCUT2D eigenvalue weighted by atomic mass is 10.2. The Bertz CT molecular complexity index is 1120. The highest BCUT2D eigenvalue weighted by Gasteiger charge is 2.37. The summed E-state index contributed by atoms with van der Waals surface area (Å²) < 4.78 is 65.0. The Labute approximate surface area is 169 Å². The van der Waals surface area contributed by atoms with E-state index in [4.69, 9.17) is 0 Å². The standard InChI is InChI=1S/C18H20FN3O5S2/c1-21-16-8-7-14(19)13-17(16)22(29(21,26)27)11-10-20-18(23)9-12-28(24,25)15-5-3-2-4-6-15/h2-8,13H,9-12H2,1H3,(H,20,23). The van der Waals surface area contributed by atoms with E-state index in [9.17, 15) is 26.0 Å². The van der Waals surface area contributed by atoms with Crippen molar-refractivity contribution in [2.45, 2.75) is 11.3 Å². The zero-order valence-electron chi connectivity index (χ0n) is 15.6. The van der Waals surface area contributed by atoms with Crippen LogP contribution in [0.5, 0.6) is 0 Å². The molecule has 0 unspecified atom stereocenters. The highest BCUT2D eigenvalue weighted by molar-refractivity contribution is 7.94. The number of carbonyl (C=O) groups is 1. The molecule has 0 saturated heterocycles. The number of halogens is 1. The number of rotatable bonds is 7. The van der Waals surface area contributed by atoms with E-state index in [2.05, 4.69) is 5.32 Å². The number of hydrogen-bond donors (Lipinski definition) is 1. The second-order valence-electron chi connectivity index (χ2n) is 6.41. The molecule has 2 aromatic carbocycles. The number of benzene rings is 2. The van der Waals surface area contributed by atoms with Crippen LogP contribution < -0.4 is 13.9 Å². The molecule has 0 fully saturated rings. The first-order valence-corrected chi connectivity index (χ1v) is 11.8. The minimum absolute atomic E-state index is 0.0484. The van der Waals surface area contributed by atoms with E-state index in [1.165, 1.54) is 31.3 Å². The summed E-state index contributed by atoms with van der Waals surface area (Å²) in [7, 11) is -6.08. The maximum absolute atomic E-state index is 13.6. The average molecular weight is 442 g/mol. The lowest BCUT2D eigenvalue weighted by Crippen LogP contribution is -2.40. The summed E-state index contributed by atoms with van der Waals surface area (Å²) in [6.07, 6.45) is -0.255. The highest BCUT2D eigenvalue weighted by atomic mass is 32.2. The number of carbonyl (C=O) groups excluding carboxylic acids is 1. The van der Waals surface area contributed by atoms with Crippen LogP contribution in [-0.2, 0) is 24.8 Å². The van der Waals surface area contributed by atoms with Crippen molar-refractivity contribution in [1.82, 2.24) is 5.32 Å². The molecule has 1 aliphatic heterocycles. The molecule has 1 heterocycles. The molecule has 0 aliphatic carbocycles. The molecule has 0 atom stereocenters. The molecule has 1 aliphatic rings. The lowest BCUT2D eigenvalue weighted by molar-refractivity contribution is -0.120. The molecule has 8 nitrogen and oxygen atoms in total. The smallest absolute Gasteiger partial charge is 0.326 e. The Kier molecular flexibility index (Phi) is 5.80. The van der Waals surface area contributed by atoms with Gasteiger partial charge in [-0.2, -0.15) is 8.42 Å². The number of fused-ring (bicyclic) bond motifs is 1. The minimum atomic E-state index is -3.86. The van der Waals surface area contributed by atoms with Crippen LogP contribution >= 0.6 is 0 Å². The first-order valence-electron chi connectivity index (χ1n) is 8.73. The fraction of sp³-hybridized carbons (Fsp3) is 0.278. The molecule has 0 bridgehead atoms. The van der Waals surface area contributed by atoms with Crippen LogP contribution in [-0.4, -0.2) is 48.6 Å². The topological polar surface area (TPSA) is 104 Å². The lowest BCUT2D eigenvalue weighted by Gasteiger charge is -2.19. The van der Waals surface area contributed by atoms with Gasteiger partial charge in [0, 0.05) is 26.1 Å². The Morgan fingerprint density at radius 3 is 2.48 bits per heavy atom. The number of hydrogen-bond acceptors (Lipinski definition) is 5. The van der Waals surface area contributed by atoms with Gasteiger partial charge in [0.25, 0.3) is 0 Å². The molecule has 156 valence electrons. The summed E-state index contributed by atoms with van der Waals surface area (Å²) in [4.78, 5) is 12.1. The first-order chi connectivity index (χ1) is 13.6. The van der Waals surface area contributed by atoms with Gasteiger partial charge in [-0.05, 0) is 24.3 Å². The molecular formula is C18H20FN3O5S2. The third-order valence-corrected chi connectivity index (χ3v) is 8.06. The fourth-order valence-corrected chi connectivity index (χ4v) is 5.63. The van der Waals surface area contributed by atoms with Gasteiger partial charge in [-0.15, -0.1) is 0 Å². The second-order valence-corrected chi connectivity index (χ2v) is 10.4. The predicted molar refractivity (Wildman–Crippen MR) is 107 cm³/mol. The van der Waals surface area contributed by atoms with Gasteiger partial charge in [0.15, 0.2) is 9.84 Å². The molecule has 11 heteroatoms. The second kappa shape index (κ2) is 7.99. The van der Waals surface area contributed by atoms with Gasteiger partial charge in [0.2, 0.25) is 5.91 Å². The van der Waals surface area contributed by atoms with Crippen LogP contribution in [0.4, 0.5) is 15.8 Å². The maximum atomic E-state index is 13.6. The third kappa shape index (κ3) is 4.35. The monoisotopic (exact) mass is 441 g/mol. The Morgan fingerprint density at radius 2 is 1.79 bits per heavy atom. The van der Waals surface area contributed by atoms with Crippen molar-refractivity contribution in [1.29, 1.82) is 0 Å². The van der Waals surface area contributed by atoms with Crippen molar-refractivity contribution in [2.75, 3.05) is 34.5 Å². The predicted octanol–water partition coefficient (Wildman–Crippen LogP) is 1.31. The summed E-state index contributed by atoms with van der Waals surface area (Å²) in [5.41, 5.74) is 0.528. The van der Waals surface area contributed by atoms with Gasteiger partial charge >= 0.3 is 10.2 Å². The third-order valence-electron chi connectivity index (χ3n) is 4.51. The van der Waals surface area contributed by atoms with Crippen LogP contribution in [0.15, 0.2) is 53.4 Å².